The van der Waals surface area contributed by atoms with Gasteiger partial charge in [0.2, 0.25) is 15.9 Å². The van der Waals surface area contributed by atoms with E-state index in [1.807, 2.05) is 4.90 Å². The number of piperazine rings is 1. The van der Waals surface area contributed by atoms with E-state index in [0.717, 1.165) is 18.4 Å². The van der Waals surface area contributed by atoms with E-state index < -0.39 is 39.4 Å². The van der Waals surface area contributed by atoms with Gasteiger partial charge in [-0.25, -0.2) is 13.2 Å². The van der Waals surface area contributed by atoms with Gasteiger partial charge in [0, 0.05) is 39.3 Å². The van der Waals surface area contributed by atoms with E-state index in [4.69, 9.17) is 9.47 Å². The minimum absolute atomic E-state index is 0.0430. The van der Waals surface area contributed by atoms with Gasteiger partial charge in [0.15, 0.2) is 0 Å². The predicted molar refractivity (Wildman–Crippen MR) is 189 cm³/mol. The molecule has 1 N–H and O–H groups in total. The molecule has 2 heterocycles. The first kappa shape index (κ1) is 38.4. The van der Waals surface area contributed by atoms with Crippen molar-refractivity contribution in [1.29, 1.82) is 0 Å². The molecule has 2 saturated heterocycles. The van der Waals surface area contributed by atoms with Crippen LogP contribution in [0.3, 0.4) is 0 Å². The van der Waals surface area contributed by atoms with Crippen molar-refractivity contribution in [3.05, 3.63) is 59.7 Å². The zero-order chi connectivity index (χ0) is 37.3. The van der Waals surface area contributed by atoms with Crippen molar-refractivity contribution in [1.82, 2.24) is 19.4 Å². The molecule has 0 radical (unpaired) electrons. The number of nitrogens with zero attached hydrogens (tertiary/aromatic N) is 3. The number of carbonyl (C=O) groups excluding carboxylic acids is 2. The lowest BCUT2D eigenvalue weighted by molar-refractivity contribution is -0.160. The van der Waals surface area contributed by atoms with Gasteiger partial charge in [0.1, 0.15) is 17.4 Å². The normalized spacial score (nSPS) is 23.3. The molecular formula is C38H51F3N4O6S. The molecule has 10 nitrogen and oxygen atoms in total. The van der Waals surface area contributed by atoms with Crippen LogP contribution in [0, 0.1) is 5.92 Å². The third-order valence-corrected chi connectivity index (χ3v) is 12.7. The van der Waals surface area contributed by atoms with Crippen LogP contribution in [0.1, 0.15) is 83.3 Å². The van der Waals surface area contributed by atoms with Crippen LogP contribution in [0.2, 0.25) is 0 Å². The SMILES string of the molecule is CC(C)(C)OC(=O)N[C@H]1CCN(C(=O)[C@@H]2CN(Cc3ccc(C4(C(F)(F)F)CC4)cc3)CCN2S(=O)(=O)c2ccc(OCC3CCCCC3)cc2)C1. The van der Waals surface area contributed by atoms with Crippen LogP contribution in [0.15, 0.2) is 53.4 Å². The molecular weight excluding hydrogens is 698 g/mol. The standard InChI is InChI=1S/C38H51F3N4O6S/c1-36(2,3)51-35(47)42-30-17-20-44(24-30)34(46)33-25-43(23-27-9-11-29(12-10-27)37(18-19-37)38(39,40)41)21-22-45(33)52(48,49)32-15-13-31(14-16-32)50-26-28-7-5-4-6-8-28/h9-16,28,30,33H,4-8,17-26H2,1-3H3,(H,42,47)/t30-,33-/m0/s1. The molecule has 0 spiro atoms. The highest BCUT2D eigenvalue weighted by atomic mass is 32.2. The first-order valence-corrected chi connectivity index (χ1v) is 19.9. The van der Waals surface area contributed by atoms with Crippen LogP contribution in [0.5, 0.6) is 5.75 Å². The Bertz CT molecular complexity index is 1670. The molecule has 2 saturated carbocycles. The number of benzene rings is 2. The number of nitrogens with one attached hydrogen (secondary N) is 1. The second-order valence-electron chi connectivity index (χ2n) is 15.8. The Morgan fingerprint density at radius 3 is 2.17 bits per heavy atom. The quantitative estimate of drug-likeness (QED) is 0.307. The average molecular weight is 749 g/mol. The molecule has 2 aliphatic heterocycles. The van der Waals surface area contributed by atoms with Gasteiger partial charge < -0.3 is 19.7 Å². The summed E-state index contributed by atoms with van der Waals surface area (Å²) in [5, 5.41) is 2.82. The maximum atomic E-state index is 14.2. The van der Waals surface area contributed by atoms with Gasteiger partial charge in [-0.15, -0.1) is 0 Å². The number of alkyl halides is 3. The number of likely N-dealkylation sites (tertiary alicyclic amines) is 1. The number of halogens is 3. The molecule has 4 aliphatic rings. The van der Waals surface area contributed by atoms with Crippen LogP contribution in [0.25, 0.3) is 0 Å². The molecule has 2 atom stereocenters. The summed E-state index contributed by atoms with van der Waals surface area (Å²) in [6.45, 7) is 7.22. The molecule has 2 amide bonds. The van der Waals surface area contributed by atoms with Crippen molar-refractivity contribution in [2.24, 2.45) is 5.92 Å². The second kappa shape index (κ2) is 15.2. The number of rotatable bonds is 10. The van der Waals surface area contributed by atoms with Gasteiger partial charge >= 0.3 is 12.3 Å². The van der Waals surface area contributed by atoms with Crippen LogP contribution >= 0.6 is 0 Å². The summed E-state index contributed by atoms with van der Waals surface area (Å²) in [4.78, 5) is 30.3. The van der Waals surface area contributed by atoms with Gasteiger partial charge in [-0.1, -0.05) is 43.5 Å². The maximum Gasteiger partial charge on any atom is 0.407 e. The van der Waals surface area contributed by atoms with Crippen LogP contribution in [-0.2, 0) is 31.5 Å². The number of hydrogen-bond acceptors (Lipinski definition) is 7. The zero-order valence-corrected chi connectivity index (χ0v) is 31.1. The number of alkyl carbamates (subject to hydrolysis) is 1. The number of ether oxygens (including phenoxy) is 2. The Balaban J connectivity index is 1.16. The van der Waals surface area contributed by atoms with E-state index in [9.17, 15) is 31.2 Å². The molecule has 2 aliphatic carbocycles. The third kappa shape index (κ3) is 8.87. The topological polar surface area (TPSA) is 108 Å². The first-order valence-electron chi connectivity index (χ1n) is 18.5. The number of hydrogen-bond donors (Lipinski definition) is 1. The van der Waals surface area contributed by atoms with Crippen molar-refractivity contribution < 1.29 is 40.7 Å². The van der Waals surface area contributed by atoms with Crippen LogP contribution in [0.4, 0.5) is 18.0 Å². The van der Waals surface area contributed by atoms with E-state index in [-0.39, 0.29) is 54.9 Å². The van der Waals surface area contributed by atoms with Crippen LogP contribution in [-0.4, -0.2) is 97.7 Å². The summed E-state index contributed by atoms with van der Waals surface area (Å²) in [5.74, 6) is 0.722. The van der Waals surface area contributed by atoms with E-state index in [1.54, 1.807) is 49.9 Å². The Labute approximate surface area is 305 Å². The lowest BCUT2D eigenvalue weighted by atomic mass is 9.90. The fourth-order valence-electron chi connectivity index (χ4n) is 7.68. The molecule has 2 aromatic rings. The summed E-state index contributed by atoms with van der Waals surface area (Å²) in [6.07, 6.45) is 1.68. The van der Waals surface area contributed by atoms with E-state index >= 15 is 0 Å². The molecule has 14 heteroatoms. The highest BCUT2D eigenvalue weighted by Gasteiger charge is 2.64. The highest BCUT2D eigenvalue weighted by Crippen LogP contribution is 2.58. The second-order valence-corrected chi connectivity index (χ2v) is 17.7. The highest BCUT2D eigenvalue weighted by molar-refractivity contribution is 7.89. The average Bonchev–Trinajstić information content (AvgIpc) is 3.80. The molecule has 2 aromatic carbocycles. The zero-order valence-electron chi connectivity index (χ0n) is 30.3. The summed E-state index contributed by atoms with van der Waals surface area (Å²) in [7, 11) is -4.11. The van der Waals surface area contributed by atoms with E-state index in [0.29, 0.717) is 44.3 Å². The molecule has 52 heavy (non-hydrogen) atoms. The van der Waals surface area contributed by atoms with E-state index in [2.05, 4.69) is 5.32 Å². The maximum absolute atomic E-state index is 14.2. The molecule has 286 valence electrons. The van der Waals surface area contributed by atoms with Crippen molar-refractivity contribution in [3.8, 4) is 5.75 Å². The van der Waals surface area contributed by atoms with Gasteiger partial charge in [0.05, 0.1) is 23.0 Å². The predicted octanol–water partition coefficient (Wildman–Crippen LogP) is 6.24. The first-order chi connectivity index (χ1) is 24.5. The molecule has 0 aromatic heterocycles. The molecule has 0 unspecified atom stereocenters. The van der Waals surface area contributed by atoms with Gasteiger partial charge in [0.25, 0.3) is 0 Å². The van der Waals surface area contributed by atoms with Crippen molar-refractivity contribution in [2.75, 3.05) is 39.3 Å². The van der Waals surface area contributed by atoms with Crippen molar-refractivity contribution in [3.63, 3.8) is 0 Å². The lowest BCUT2D eigenvalue weighted by Gasteiger charge is -2.41. The summed E-state index contributed by atoms with van der Waals surface area (Å²) in [5.41, 5.74) is -1.43. The minimum Gasteiger partial charge on any atom is -0.493 e. The molecule has 0 bridgehead atoms. The molecule has 4 fully saturated rings. The largest absolute Gasteiger partial charge is 0.493 e. The lowest BCUT2D eigenvalue weighted by Crippen LogP contribution is -2.60. The summed E-state index contributed by atoms with van der Waals surface area (Å²) in [6, 6.07) is 11.4. The third-order valence-electron chi connectivity index (χ3n) is 10.8. The summed E-state index contributed by atoms with van der Waals surface area (Å²) < 4.78 is 82.1. The minimum atomic E-state index is -4.30. The fraction of sp³-hybridized carbons (Fsp3) is 0.632. The molecule has 6 rings (SSSR count). The number of carbonyl (C=O) groups is 2. The van der Waals surface area contributed by atoms with E-state index in [1.165, 1.54) is 47.8 Å². The number of sulfonamides is 1. The Kier molecular flexibility index (Phi) is 11.2. The Morgan fingerprint density at radius 2 is 1.56 bits per heavy atom. The van der Waals surface area contributed by atoms with Crippen LogP contribution < -0.4 is 10.1 Å². The monoisotopic (exact) mass is 748 g/mol. The van der Waals surface area contributed by atoms with Crippen molar-refractivity contribution in [2.45, 2.75) is 113 Å². The van der Waals surface area contributed by atoms with Gasteiger partial charge in [-0.3, -0.25) is 9.69 Å². The smallest absolute Gasteiger partial charge is 0.407 e. The Hall–Kier alpha value is -3.36. The number of amides is 2. The summed E-state index contributed by atoms with van der Waals surface area (Å²) >= 11 is 0. The Morgan fingerprint density at radius 1 is 0.885 bits per heavy atom. The van der Waals surface area contributed by atoms with Gasteiger partial charge in [-0.05, 0) is 94.2 Å². The van der Waals surface area contributed by atoms with Gasteiger partial charge in [-0.2, -0.15) is 17.5 Å². The van der Waals surface area contributed by atoms with Crippen molar-refractivity contribution >= 4 is 22.0 Å². The fourth-order valence-corrected chi connectivity index (χ4v) is 9.24.